The predicted molar refractivity (Wildman–Crippen MR) is 161 cm³/mol. The molecule has 2 aromatic carbocycles. The van der Waals surface area contributed by atoms with Crippen molar-refractivity contribution in [1.29, 1.82) is 0 Å². The van der Waals surface area contributed by atoms with Crippen molar-refractivity contribution in [3.05, 3.63) is 126 Å². The van der Waals surface area contributed by atoms with Gasteiger partial charge in [0, 0.05) is 36.6 Å². The van der Waals surface area contributed by atoms with Crippen LogP contribution >= 0.6 is 0 Å². The number of benzene rings is 2. The van der Waals surface area contributed by atoms with Gasteiger partial charge in [0.1, 0.15) is 5.65 Å². The number of fused-ring (bicyclic) bond motifs is 1. The average molecular weight is 503 g/mol. The molecule has 0 unspecified atom stereocenters. The highest BCUT2D eigenvalue weighted by molar-refractivity contribution is 5.77. The normalized spacial score (nSPS) is 15.4. The first-order valence-electron chi connectivity index (χ1n) is 13.7. The first-order valence-corrected chi connectivity index (χ1v) is 13.7. The summed E-state index contributed by atoms with van der Waals surface area (Å²) in [5.41, 5.74) is 8.72. The van der Waals surface area contributed by atoms with Gasteiger partial charge in [-0.3, -0.25) is 4.90 Å². The summed E-state index contributed by atoms with van der Waals surface area (Å²) in [7, 11) is 0. The lowest BCUT2D eigenvalue weighted by atomic mass is 9.90. The van der Waals surface area contributed by atoms with Gasteiger partial charge in [-0.05, 0) is 104 Å². The van der Waals surface area contributed by atoms with Crippen LogP contribution in [0.25, 0.3) is 16.6 Å². The van der Waals surface area contributed by atoms with Crippen molar-refractivity contribution in [3.8, 4) is 0 Å². The molecule has 5 rings (SSSR count). The number of allylic oxidation sites excluding steroid dienone is 4. The van der Waals surface area contributed by atoms with Gasteiger partial charge >= 0.3 is 0 Å². The van der Waals surface area contributed by atoms with Gasteiger partial charge in [0.15, 0.2) is 0 Å². The van der Waals surface area contributed by atoms with Crippen molar-refractivity contribution in [3.63, 3.8) is 0 Å². The molecule has 194 valence electrons. The summed E-state index contributed by atoms with van der Waals surface area (Å²) in [6, 6.07) is 22.1. The molecule has 1 aliphatic rings. The third-order valence-electron chi connectivity index (χ3n) is 7.61. The summed E-state index contributed by atoms with van der Waals surface area (Å²) in [5.74, 6) is 0.582. The molecule has 2 aromatic heterocycles. The Labute approximate surface area is 227 Å². The van der Waals surface area contributed by atoms with E-state index < -0.39 is 0 Å². The summed E-state index contributed by atoms with van der Waals surface area (Å²) in [5, 5.41) is 4.35. The molecule has 38 heavy (non-hydrogen) atoms. The van der Waals surface area contributed by atoms with Crippen LogP contribution in [0.15, 0.2) is 104 Å². The second-order valence-electron chi connectivity index (χ2n) is 10.3. The molecule has 0 radical (unpaired) electrons. The molecular formula is C34H38N4. The summed E-state index contributed by atoms with van der Waals surface area (Å²) in [4.78, 5) is 7.49. The maximum atomic E-state index is 4.90. The van der Waals surface area contributed by atoms with Crippen LogP contribution in [0.3, 0.4) is 0 Å². The highest BCUT2D eigenvalue weighted by Gasteiger charge is 2.21. The Morgan fingerprint density at radius 1 is 1.00 bits per heavy atom. The first-order chi connectivity index (χ1) is 18.6. The highest BCUT2D eigenvalue weighted by atomic mass is 15.1. The lowest BCUT2D eigenvalue weighted by Crippen LogP contribution is -2.32. The summed E-state index contributed by atoms with van der Waals surface area (Å²) in [6.07, 6.45) is 14.7. The number of anilines is 1. The maximum absolute atomic E-state index is 4.90. The standard InChI is InChI=1S/C34H38N4/c1-4-6-7-26(3)29-12-8-27(9-13-29)24-37-19-16-30(17-20-37)32-22-31-18-21-38(34(31)36-23-32)25-28-10-14-33(15-11-28)35-5-2/h4-15,18,21-23,30,35H,2,16-17,19-20,24-25H2,1,3H3/b6-4-,26-7+. The number of hydrogen-bond acceptors (Lipinski definition) is 3. The fraction of sp³-hybridized carbons (Fsp3) is 0.265. The van der Waals surface area contributed by atoms with Gasteiger partial charge in [0.2, 0.25) is 0 Å². The van der Waals surface area contributed by atoms with Crippen molar-refractivity contribution in [2.75, 3.05) is 18.4 Å². The smallest absolute Gasteiger partial charge is 0.140 e. The number of hydrogen-bond donors (Lipinski definition) is 1. The van der Waals surface area contributed by atoms with Crippen LogP contribution < -0.4 is 5.32 Å². The van der Waals surface area contributed by atoms with E-state index in [0.717, 1.165) is 37.5 Å². The van der Waals surface area contributed by atoms with E-state index in [-0.39, 0.29) is 0 Å². The van der Waals surface area contributed by atoms with Crippen molar-refractivity contribution in [2.45, 2.75) is 45.7 Å². The number of nitrogens with zero attached hydrogens (tertiary/aromatic N) is 3. The van der Waals surface area contributed by atoms with Crippen LogP contribution in [0, 0.1) is 0 Å². The molecule has 3 heterocycles. The zero-order valence-electron chi connectivity index (χ0n) is 22.6. The largest absolute Gasteiger partial charge is 0.362 e. The maximum Gasteiger partial charge on any atom is 0.140 e. The Morgan fingerprint density at radius 2 is 1.71 bits per heavy atom. The molecule has 0 atom stereocenters. The highest BCUT2D eigenvalue weighted by Crippen LogP contribution is 2.30. The quantitative estimate of drug-likeness (QED) is 0.235. The fourth-order valence-electron chi connectivity index (χ4n) is 5.36. The predicted octanol–water partition coefficient (Wildman–Crippen LogP) is 8.00. The molecule has 1 aliphatic heterocycles. The number of nitrogens with one attached hydrogen (secondary N) is 1. The summed E-state index contributed by atoms with van der Waals surface area (Å²) < 4.78 is 2.24. The molecule has 0 aliphatic carbocycles. The first kappa shape index (κ1) is 25.7. The van der Waals surface area contributed by atoms with Gasteiger partial charge in [-0.1, -0.05) is 61.2 Å². The lowest BCUT2D eigenvalue weighted by Gasteiger charge is -2.32. The van der Waals surface area contributed by atoms with Gasteiger partial charge in [0.25, 0.3) is 0 Å². The fourth-order valence-corrected chi connectivity index (χ4v) is 5.36. The van der Waals surface area contributed by atoms with Crippen LogP contribution in [0.4, 0.5) is 5.69 Å². The zero-order chi connectivity index (χ0) is 26.3. The molecule has 1 saturated heterocycles. The molecule has 4 nitrogen and oxygen atoms in total. The monoisotopic (exact) mass is 502 g/mol. The second-order valence-corrected chi connectivity index (χ2v) is 10.3. The van der Waals surface area contributed by atoms with Crippen LogP contribution in [-0.2, 0) is 13.1 Å². The van der Waals surface area contributed by atoms with E-state index in [1.165, 1.54) is 46.1 Å². The van der Waals surface area contributed by atoms with Gasteiger partial charge in [-0.25, -0.2) is 4.98 Å². The Balaban J connectivity index is 1.17. The lowest BCUT2D eigenvalue weighted by molar-refractivity contribution is 0.204. The van der Waals surface area contributed by atoms with Gasteiger partial charge < -0.3 is 9.88 Å². The SMILES string of the molecule is C=CNc1ccc(Cn2ccc3cc(C4CCN(Cc5ccc(/C(C)=C/C=C\C)cc5)CC4)cnc32)cc1. The Morgan fingerprint density at radius 3 is 2.42 bits per heavy atom. The van der Waals surface area contributed by atoms with Gasteiger partial charge in [-0.15, -0.1) is 0 Å². The number of pyridine rings is 1. The van der Waals surface area contributed by atoms with Gasteiger partial charge in [-0.2, -0.15) is 0 Å². The van der Waals surface area contributed by atoms with Crippen molar-refractivity contribution >= 4 is 22.3 Å². The van der Waals surface area contributed by atoms with Crippen LogP contribution in [0.2, 0.25) is 0 Å². The topological polar surface area (TPSA) is 33.1 Å². The van der Waals surface area contributed by atoms with Crippen molar-refractivity contribution in [1.82, 2.24) is 14.5 Å². The minimum absolute atomic E-state index is 0.582. The molecule has 1 N–H and O–H groups in total. The van der Waals surface area contributed by atoms with E-state index in [9.17, 15) is 0 Å². The van der Waals surface area contributed by atoms with E-state index in [0.29, 0.717) is 5.92 Å². The van der Waals surface area contributed by atoms with E-state index in [2.05, 4.69) is 120 Å². The summed E-state index contributed by atoms with van der Waals surface area (Å²) >= 11 is 0. The number of likely N-dealkylation sites (tertiary alicyclic amines) is 1. The summed E-state index contributed by atoms with van der Waals surface area (Å²) in [6.45, 7) is 12.0. The Kier molecular flexibility index (Phi) is 8.20. The van der Waals surface area contributed by atoms with Crippen molar-refractivity contribution in [2.24, 2.45) is 0 Å². The molecule has 0 bridgehead atoms. The number of piperidine rings is 1. The number of aromatic nitrogens is 2. The van der Waals surface area contributed by atoms with Crippen LogP contribution in [0.5, 0.6) is 0 Å². The third kappa shape index (κ3) is 6.15. The number of rotatable bonds is 9. The van der Waals surface area contributed by atoms with E-state index in [1.807, 2.05) is 6.92 Å². The Hall–Kier alpha value is -3.89. The van der Waals surface area contributed by atoms with Crippen LogP contribution in [-0.4, -0.2) is 27.5 Å². The van der Waals surface area contributed by atoms with Gasteiger partial charge in [0.05, 0.1) is 0 Å². The third-order valence-corrected chi connectivity index (χ3v) is 7.61. The minimum atomic E-state index is 0.582. The van der Waals surface area contributed by atoms with E-state index >= 15 is 0 Å². The van der Waals surface area contributed by atoms with Crippen LogP contribution in [0.1, 0.15) is 54.9 Å². The molecule has 4 aromatic rings. The molecule has 0 amide bonds. The Bertz CT molecular complexity index is 1420. The minimum Gasteiger partial charge on any atom is -0.362 e. The van der Waals surface area contributed by atoms with E-state index in [4.69, 9.17) is 4.98 Å². The molecule has 0 saturated carbocycles. The van der Waals surface area contributed by atoms with Crippen molar-refractivity contribution < 1.29 is 0 Å². The average Bonchev–Trinajstić information content (AvgIpc) is 3.35. The molecular weight excluding hydrogens is 464 g/mol. The zero-order valence-corrected chi connectivity index (χ0v) is 22.6. The second kappa shape index (κ2) is 12.1. The molecule has 4 heteroatoms. The molecule has 0 spiro atoms. The van der Waals surface area contributed by atoms with E-state index in [1.54, 1.807) is 6.20 Å². The molecule has 1 fully saturated rings.